The molecule has 0 aromatic heterocycles. The third kappa shape index (κ3) is 1.83. The number of fused-ring (bicyclic) bond motifs is 1. The van der Waals surface area contributed by atoms with E-state index in [9.17, 15) is 4.79 Å². The second-order valence-electron chi connectivity index (χ2n) is 4.14. The van der Waals surface area contributed by atoms with E-state index in [-0.39, 0.29) is 11.7 Å². The van der Waals surface area contributed by atoms with E-state index in [1.165, 1.54) is 0 Å². The number of thiocarbonyl (C=S) groups is 1. The van der Waals surface area contributed by atoms with Crippen molar-refractivity contribution in [1.82, 2.24) is 0 Å². The van der Waals surface area contributed by atoms with Crippen LogP contribution in [0.4, 0.5) is 0 Å². The van der Waals surface area contributed by atoms with Gasteiger partial charge in [-0.2, -0.15) is 0 Å². The summed E-state index contributed by atoms with van der Waals surface area (Å²) < 4.78 is 0. The maximum atomic E-state index is 11.9. The molecular weight excluding hydrogens is 240 g/mol. The first-order valence-corrected chi connectivity index (χ1v) is 5.89. The van der Waals surface area contributed by atoms with Crippen LogP contribution >= 0.6 is 23.8 Å². The van der Waals surface area contributed by atoms with Gasteiger partial charge in [-0.25, -0.2) is 0 Å². The van der Waals surface area contributed by atoms with Gasteiger partial charge in [0.05, 0.1) is 0 Å². The Morgan fingerprint density at radius 3 is 2.56 bits per heavy atom. The lowest BCUT2D eigenvalue weighted by molar-refractivity contribution is 0.104. The lowest BCUT2D eigenvalue weighted by Crippen LogP contribution is -2.18. The van der Waals surface area contributed by atoms with Crippen LogP contribution in [0.15, 0.2) is 29.8 Å². The number of halogens is 1. The monoisotopic (exact) mass is 250 g/mol. The quantitative estimate of drug-likeness (QED) is 0.705. The Kier molecular flexibility index (Phi) is 2.96. The molecule has 0 amide bonds. The van der Waals surface area contributed by atoms with Crippen molar-refractivity contribution < 1.29 is 4.79 Å². The Hall–Kier alpha value is -0.990. The maximum Gasteiger partial charge on any atom is 0.186 e. The molecule has 0 spiro atoms. The van der Waals surface area contributed by atoms with Gasteiger partial charge in [-0.15, -0.1) is 0 Å². The summed E-state index contributed by atoms with van der Waals surface area (Å²) in [5.74, 6) is 0.259. The van der Waals surface area contributed by atoms with Crippen LogP contribution in [0.3, 0.4) is 0 Å². The average Bonchev–Trinajstić information content (AvgIpc) is 2.22. The van der Waals surface area contributed by atoms with Gasteiger partial charge in [0, 0.05) is 21.0 Å². The van der Waals surface area contributed by atoms with Crippen molar-refractivity contribution in [3.05, 3.63) is 46.0 Å². The first kappa shape index (κ1) is 11.5. The van der Waals surface area contributed by atoms with E-state index in [1.807, 2.05) is 19.9 Å². The highest BCUT2D eigenvalue weighted by Crippen LogP contribution is 2.28. The molecular formula is C13H11ClOS. The molecule has 0 radical (unpaired) electrons. The van der Waals surface area contributed by atoms with Crippen LogP contribution < -0.4 is 0 Å². The summed E-state index contributed by atoms with van der Waals surface area (Å²) in [6, 6.07) is 5.27. The smallest absolute Gasteiger partial charge is 0.186 e. The molecule has 0 unspecified atom stereocenters. The molecule has 1 nitrogen and oxygen atoms in total. The number of rotatable bonds is 1. The topological polar surface area (TPSA) is 17.1 Å². The minimum Gasteiger partial charge on any atom is -0.289 e. The highest BCUT2D eigenvalue weighted by atomic mass is 35.5. The van der Waals surface area contributed by atoms with Crippen molar-refractivity contribution in [3.63, 3.8) is 0 Å². The van der Waals surface area contributed by atoms with Crippen molar-refractivity contribution >= 4 is 34.5 Å². The third-order valence-corrected chi connectivity index (χ3v) is 3.35. The van der Waals surface area contributed by atoms with Gasteiger partial charge in [-0.05, 0) is 29.7 Å². The molecule has 1 aliphatic rings. The summed E-state index contributed by atoms with van der Waals surface area (Å²) in [6.07, 6.45) is 1.63. The molecule has 1 aromatic carbocycles. The summed E-state index contributed by atoms with van der Waals surface area (Å²) in [7, 11) is 0. The zero-order valence-corrected chi connectivity index (χ0v) is 10.7. The van der Waals surface area contributed by atoms with Gasteiger partial charge in [-0.3, -0.25) is 4.79 Å². The van der Waals surface area contributed by atoms with Crippen LogP contribution in [0.2, 0.25) is 5.02 Å². The van der Waals surface area contributed by atoms with Crippen LogP contribution in [-0.2, 0) is 0 Å². The Labute approximate surface area is 105 Å². The second kappa shape index (κ2) is 4.11. The van der Waals surface area contributed by atoms with Crippen LogP contribution in [-0.4, -0.2) is 10.6 Å². The number of allylic oxidation sites excluding steroid dienone is 2. The number of benzene rings is 1. The molecule has 0 aliphatic heterocycles. The van der Waals surface area contributed by atoms with E-state index in [0.29, 0.717) is 10.6 Å². The predicted octanol–water partition coefficient (Wildman–Crippen LogP) is 3.84. The number of carbonyl (C=O) groups excluding carboxylic acids is 1. The van der Waals surface area contributed by atoms with Crippen LogP contribution in [0.25, 0.3) is 0 Å². The molecule has 0 bridgehead atoms. The molecule has 3 heteroatoms. The minimum atomic E-state index is -0.00481. The normalized spacial score (nSPS) is 15.1. The first-order chi connectivity index (χ1) is 7.50. The Morgan fingerprint density at radius 1 is 1.25 bits per heavy atom. The standard InChI is InChI=1S/C13H11ClOS/c1-7(2)10-6-12(15)11-5-8(14)3-4-9(11)13(10)16/h3-7H,1-2H3. The van der Waals surface area contributed by atoms with Crippen LogP contribution in [0.5, 0.6) is 0 Å². The predicted molar refractivity (Wildman–Crippen MR) is 70.4 cm³/mol. The maximum absolute atomic E-state index is 11.9. The number of hydrogen-bond acceptors (Lipinski definition) is 2. The van der Waals surface area contributed by atoms with Crippen molar-refractivity contribution in [2.75, 3.05) is 0 Å². The molecule has 0 saturated heterocycles. The summed E-state index contributed by atoms with van der Waals surface area (Å²) >= 11 is 11.3. The summed E-state index contributed by atoms with van der Waals surface area (Å²) in [4.78, 5) is 12.7. The molecule has 0 saturated carbocycles. The highest BCUT2D eigenvalue weighted by molar-refractivity contribution is 7.81. The average molecular weight is 251 g/mol. The third-order valence-electron chi connectivity index (χ3n) is 2.66. The fraction of sp³-hybridized carbons (Fsp3) is 0.231. The van der Waals surface area contributed by atoms with Crippen molar-refractivity contribution in [2.24, 2.45) is 5.92 Å². The number of hydrogen-bond donors (Lipinski definition) is 0. The largest absolute Gasteiger partial charge is 0.289 e. The zero-order valence-electron chi connectivity index (χ0n) is 9.08. The molecule has 16 heavy (non-hydrogen) atoms. The van der Waals surface area contributed by atoms with E-state index >= 15 is 0 Å². The van der Waals surface area contributed by atoms with Crippen molar-refractivity contribution in [3.8, 4) is 0 Å². The van der Waals surface area contributed by atoms with E-state index in [1.54, 1.807) is 18.2 Å². The minimum absolute atomic E-state index is 0.00481. The van der Waals surface area contributed by atoms with Crippen molar-refractivity contribution in [2.45, 2.75) is 13.8 Å². The summed E-state index contributed by atoms with van der Waals surface area (Å²) in [5, 5.41) is 0.566. The SMILES string of the molecule is CC(C)C1=CC(=O)c2cc(Cl)ccc2C1=S. The van der Waals surface area contributed by atoms with E-state index in [2.05, 4.69) is 0 Å². The number of ketones is 1. The second-order valence-corrected chi connectivity index (χ2v) is 4.98. The van der Waals surface area contributed by atoms with E-state index in [4.69, 9.17) is 23.8 Å². The van der Waals surface area contributed by atoms with Gasteiger partial charge in [0.25, 0.3) is 0 Å². The van der Waals surface area contributed by atoms with Gasteiger partial charge in [-0.1, -0.05) is 43.7 Å². The van der Waals surface area contributed by atoms with Crippen LogP contribution in [0, 0.1) is 5.92 Å². The summed E-state index contributed by atoms with van der Waals surface area (Å²) in [6.45, 7) is 4.07. The molecule has 2 rings (SSSR count). The van der Waals surface area contributed by atoms with Gasteiger partial charge in [0.2, 0.25) is 0 Å². The fourth-order valence-electron chi connectivity index (χ4n) is 1.79. The van der Waals surface area contributed by atoms with Crippen molar-refractivity contribution in [1.29, 1.82) is 0 Å². The molecule has 0 heterocycles. The van der Waals surface area contributed by atoms with Gasteiger partial charge in [0.15, 0.2) is 5.78 Å². The summed E-state index contributed by atoms with van der Waals surface area (Å²) in [5.41, 5.74) is 2.38. The van der Waals surface area contributed by atoms with Gasteiger partial charge < -0.3 is 0 Å². The first-order valence-electron chi connectivity index (χ1n) is 5.11. The van der Waals surface area contributed by atoms with E-state index < -0.39 is 0 Å². The Morgan fingerprint density at radius 2 is 1.94 bits per heavy atom. The zero-order chi connectivity index (χ0) is 11.9. The van der Waals surface area contributed by atoms with Gasteiger partial charge >= 0.3 is 0 Å². The molecule has 0 fully saturated rings. The molecule has 0 atom stereocenters. The van der Waals surface area contributed by atoms with Crippen LogP contribution in [0.1, 0.15) is 29.8 Å². The molecule has 1 aliphatic carbocycles. The van der Waals surface area contributed by atoms with E-state index in [0.717, 1.165) is 16.0 Å². The molecule has 82 valence electrons. The fourth-order valence-corrected chi connectivity index (χ4v) is 2.43. The molecule has 1 aromatic rings. The highest BCUT2D eigenvalue weighted by Gasteiger charge is 2.23. The Balaban J connectivity index is 2.60. The lowest BCUT2D eigenvalue weighted by Gasteiger charge is -2.20. The van der Waals surface area contributed by atoms with Gasteiger partial charge in [0.1, 0.15) is 0 Å². The molecule has 0 N–H and O–H groups in total. The number of carbonyl (C=O) groups is 1. The Bertz CT molecular complexity index is 515. The lowest BCUT2D eigenvalue weighted by atomic mass is 9.85.